The van der Waals surface area contributed by atoms with Crippen LogP contribution in [0, 0.1) is 18.3 Å². The van der Waals surface area contributed by atoms with E-state index in [1.54, 1.807) is 24.3 Å². The molecule has 0 aliphatic rings. The van der Waals surface area contributed by atoms with Gasteiger partial charge in [-0.25, -0.2) is 4.98 Å². The highest BCUT2D eigenvalue weighted by molar-refractivity contribution is 7.99. The summed E-state index contributed by atoms with van der Waals surface area (Å²) in [6.07, 6.45) is 1.38. The number of carbonyl (C=O) groups is 1. The summed E-state index contributed by atoms with van der Waals surface area (Å²) in [5.74, 6) is -0.0359. The van der Waals surface area contributed by atoms with Gasteiger partial charge in [-0.2, -0.15) is 5.26 Å². The van der Waals surface area contributed by atoms with Gasteiger partial charge in [-0.1, -0.05) is 23.8 Å². The van der Waals surface area contributed by atoms with Crippen LogP contribution in [-0.4, -0.2) is 21.2 Å². The van der Waals surface area contributed by atoms with E-state index >= 15 is 0 Å². The Hall–Kier alpha value is -3.11. The molecule has 7 heteroatoms. The lowest BCUT2D eigenvalue weighted by atomic mass is 10.2. The number of benzene rings is 2. The molecule has 6 nitrogen and oxygen atoms in total. The molecule has 1 amide bonds. The number of nitrogens with zero attached hydrogens (tertiary/aromatic N) is 3. The number of amides is 1. The van der Waals surface area contributed by atoms with Crippen LogP contribution >= 0.6 is 11.8 Å². The zero-order valence-corrected chi connectivity index (χ0v) is 14.9. The van der Waals surface area contributed by atoms with Gasteiger partial charge in [0.2, 0.25) is 5.91 Å². The number of anilines is 1. The molecule has 0 unspecified atom stereocenters. The second-order valence-corrected chi connectivity index (χ2v) is 6.71. The molecule has 0 radical (unpaired) electrons. The standard InChI is InChI=1S/C19H16N4O2S/c1-13-6-7-15-14(10-13)19(25)23(12-21-15)11-18(24)22-16-4-2-3-5-17(16)26-9-8-20/h2-7,10,12H,9,11H2,1H3,(H,22,24). The van der Waals surface area contributed by atoms with Crippen LogP contribution in [0.1, 0.15) is 5.56 Å². The third-order valence-electron chi connectivity index (χ3n) is 3.75. The minimum atomic E-state index is -0.328. The maximum absolute atomic E-state index is 12.6. The molecule has 2 aromatic carbocycles. The quantitative estimate of drug-likeness (QED) is 0.703. The summed E-state index contributed by atoms with van der Waals surface area (Å²) in [5.41, 5.74) is 1.94. The molecule has 0 saturated heterocycles. The van der Waals surface area contributed by atoms with Crippen molar-refractivity contribution in [2.75, 3.05) is 11.1 Å². The van der Waals surface area contributed by atoms with Gasteiger partial charge in [0.1, 0.15) is 6.54 Å². The van der Waals surface area contributed by atoms with Crippen LogP contribution in [0.3, 0.4) is 0 Å². The number of hydrogen-bond donors (Lipinski definition) is 1. The van der Waals surface area contributed by atoms with Gasteiger partial charge >= 0.3 is 0 Å². The maximum atomic E-state index is 12.6. The van der Waals surface area contributed by atoms with Crippen molar-refractivity contribution in [3.05, 3.63) is 64.7 Å². The molecule has 1 aromatic heterocycles. The van der Waals surface area contributed by atoms with Crippen LogP contribution in [0.4, 0.5) is 5.69 Å². The summed E-state index contributed by atoms with van der Waals surface area (Å²) in [5, 5.41) is 12.0. The molecule has 0 fully saturated rings. The topological polar surface area (TPSA) is 87.8 Å². The van der Waals surface area contributed by atoms with E-state index in [0.29, 0.717) is 22.3 Å². The van der Waals surface area contributed by atoms with Crippen LogP contribution in [0.25, 0.3) is 10.9 Å². The Morgan fingerprint density at radius 3 is 2.92 bits per heavy atom. The highest BCUT2D eigenvalue weighted by Gasteiger charge is 2.10. The zero-order valence-electron chi connectivity index (χ0n) is 14.1. The molecule has 0 aliphatic heterocycles. The summed E-state index contributed by atoms with van der Waals surface area (Å²) in [6.45, 7) is 1.77. The Bertz CT molecular complexity index is 1070. The van der Waals surface area contributed by atoms with E-state index in [1.165, 1.54) is 22.7 Å². The number of thioether (sulfide) groups is 1. The van der Waals surface area contributed by atoms with E-state index in [0.717, 1.165) is 10.5 Å². The molecule has 26 heavy (non-hydrogen) atoms. The van der Waals surface area contributed by atoms with E-state index in [-0.39, 0.29) is 18.0 Å². The average Bonchev–Trinajstić information content (AvgIpc) is 2.64. The lowest BCUT2D eigenvalue weighted by molar-refractivity contribution is -0.116. The second-order valence-electron chi connectivity index (χ2n) is 5.69. The van der Waals surface area contributed by atoms with Crippen molar-refractivity contribution in [3.8, 4) is 6.07 Å². The molecule has 0 saturated carbocycles. The van der Waals surface area contributed by atoms with Gasteiger partial charge in [0, 0.05) is 4.90 Å². The summed E-state index contributed by atoms with van der Waals surface area (Å²) in [7, 11) is 0. The summed E-state index contributed by atoms with van der Waals surface area (Å²) >= 11 is 1.35. The Balaban J connectivity index is 1.81. The van der Waals surface area contributed by atoms with Crippen molar-refractivity contribution < 1.29 is 4.79 Å². The van der Waals surface area contributed by atoms with Gasteiger partial charge in [0.05, 0.1) is 34.7 Å². The van der Waals surface area contributed by atoms with Crippen LogP contribution in [0.15, 0.2) is 58.5 Å². The molecule has 0 atom stereocenters. The maximum Gasteiger partial charge on any atom is 0.261 e. The average molecular weight is 364 g/mol. The van der Waals surface area contributed by atoms with Crippen LogP contribution < -0.4 is 10.9 Å². The normalized spacial score (nSPS) is 10.5. The van der Waals surface area contributed by atoms with Crippen LogP contribution in [-0.2, 0) is 11.3 Å². The van der Waals surface area contributed by atoms with E-state index in [2.05, 4.69) is 16.4 Å². The highest BCUT2D eigenvalue weighted by Crippen LogP contribution is 2.26. The fourth-order valence-electron chi connectivity index (χ4n) is 2.54. The molecule has 0 bridgehead atoms. The first kappa shape index (κ1) is 17.7. The second kappa shape index (κ2) is 7.85. The van der Waals surface area contributed by atoms with Gasteiger partial charge in [-0.05, 0) is 31.2 Å². The molecule has 130 valence electrons. The number of carbonyl (C=O) groups excluding carboxylic acids is 1. The fraction of sp³-hybridized carbons (Fsp3) is 0.158. The van der Waals surface area contributed by atoms with Crippen molar-refractivity contribution in [1.82, 2.24) is 9.55 Å². The summed E-state index contributed by atoms with van der Waals surface area (Å²) in [6, 6.07) is 14.8. The first-order valence-corrected chi connectivity index (χ1v) is 8.91. The fourth-order valence-corrected chi connectivity index (χ4v) is 3.21. The van der Waals surface area contributed by atoms with Crippen molar-refractivity contribution >= 4 is 34.3 Å². The predicted molar refractivity (Wildman–Crippen MR) is 102 cm³/mol. The lowest BCUT2D eigenvalue weighted by Crippen LogP contribution is -2.28. The number of aryl methyl sites for hydroxylation is 1. The molecule has 1 heterocycles. The minimum absolute atomic E-state index is 0.132. The van der Waals surface area contributed by atoms with Gasteiger partial charge in [-0.15, -0.1) is 11.8 Å². The monoisotopic (exact) mass is 364 g/mol. The van der Waals surface area contributed by atoms with Crippen molar-refractivity contribution in [2.24, 2.45) is 0 Å². The smallest absolute Gasteiger partial charge is 0.261 e. The van der Waals surface area contributed by atoms with Gasteiger partial charge in [-0.3, -0.25) is 14.2 Å². The Kier molecular flexibility index (Phi) is 5.34. The first-order valence-electron chi connectivity index (χ1n) is 7.93. The first-order chi connectivity index (χ1) is 12.6. The molecule has 1 N–H and O–H groups in total. The van der Waals surface area contributed by atoms with Crippen molar-refractivity contribution in [1.29, 1.82) is 5.26 Å². The van der Waals surface area contributed by atoms with Crippen molar-refractivity contribution in [2.45, 2.75) is 18.4 Å². The minimum Gasteiger partial charge on any atom is -0.324 e. The SMILES string of the molecule is Cc1ccc2ncn(CC(=O)Nc3ccccc3SCC#N)c(=O)c2c1. The third kappa shape index (κ3) is 3.92. The number of rotatable bonds is 5. The predicted octanol–water partition coefficient (Wildman–Crippen LogP) is 2.96. The van der Waals surface area contributed by atoms with Gasteiger partial charge in [0.25, 0.3) is 5.56 Å². The number of nitrogens with one attached hydrogen (secondary N) is 1. The largest absolute Gasteiger partial charge is 0.324 e. The molecule has 0 aliphatic carbocycles. The molecule has 3 rings (SSSR count). The molecular weight excluding hydrogens is 348 g/mol. The van der Waals surface area contributed by atoms with Crippen LogP contribution in [0.2, 0.25) is 0 Å². The Morgan fingerprint density at radius 1 is 1.31 bits per heavy atom. The number of nitriles is 1. The highest BCUT2D eigenvalue weighted by atomic mass is 32.2. The molecular formula is C19H16N4O2S. The molecule has 0 spiro atoms. The Morgan fingerprint density at radius 2 is 2.12 bits per heavy atom. The number of hydrogen-bond acceptors (Lipinski definition) is 5. The zero-order chi connectivity index (χ0) is 18.5. The number of para-hydroxylation sites is 1. The summed E-state index contributed by atoms with van der Waals surface area (Å²) in [4.78, 5) is 30.0. The van der Waals surface area contributed by atoms with Gasteiger partial charge < -0.3 is 5.32 Å². The van der Waals surface area contributed by atoms with Crippen LogP contribution in [0.5, 0.6) is 0 Å². The summed E-state index contributed by atoms with van der Waals surface area (Å²) < 4.78 is 1.29. The van der Waals surface area contributed by atoms with Gasteiger partial charge in [0.15, 0.2) is 0 Å². The third-order valence-corrected chi connectivity index (χ3v) is 4.69. The van der Waals surface area contributed by atoms with E-state index in [1.807, 2.05) is 25.1 Å². The van der Waals surface area contributed by atoms with E-state index in [4.69, 9.17) is 5.26 Å². The van der Waals surface area contributed by atoms with E-state index in [9.17, 15) is 9.59 Å². The number of aromatic nitrogens is 2. The lowest BCUT2D eigenvalue weighted by Gasteiger charge is -2.11. The van der Waals surface area contributed by atoms with Crippen molar-refractivity contribution in [3.63, 3.8) is 0 Å². The Labute approximate surface area is 154 Å². The van der Waals surface area contributed by atoms with E-state index < -0.39 is 0 Å². The number of fused-ring (bicyclic) bond motifs is 1. The molecule has 3 aromatic rings.